The van der Waals surface area contributed by atoms with E-state index in [4.69, 9.17) is 13.1 Å². The number of anilines is 1. The van der Waals surface area contributed by atoms with Gasteiger partial charge in [0.25, 0.3) is 0 Å². The summed E-state index contributed by atoms with van der Waals surface area (Å²) in [7, 11) is 4.15. The molecule has 58 heavy (non-hydrogen) atoms. The van der Waals surface area contributed by atoms with Crippen molar-refractivity contribution >= 4 is 82.5 Å². The minimum atomic E-state index is 0.546. The maximum absolute atomic E-state index is 8.22. The van der Waals surface area contributed by atoms with Gasteiger partial charge < -0.3 is 18.6 Å². The Kier molecular flexibility index (Phi) is 7.32. The summed E-state index contributed by atoms with van der Waals surface area (Å²) >= 11 is 0. The molecule has 0 aliphatic carbocycles. The SMILES string of the molecule is [C-]#[N+]c1ccc2c3ccccc3n(-c3cc(-c4cc(N(C)C)cc(-n5c6ccccc6c6cc(-n7c8ccccc8c8ccccc87)ccc65)c4)ccc3[N+]#[C-])c2c1. The van der Waals surface area contributed by atoms with Crippen molar-refractivity contribution in [2.75, 3.05) is 19.0 Å². The molecule has 6 nitrogen and oxygen atoms in total. The average molecular weight is 743 g/mol. The second kappa shape index (κ2) is 12.7. The van der Waals surface area contributed by atoms with Crippen molar-refractivity contribution in [2.24, 2.45) is 0 Å². The predicted molar refractivity (Wildman–Crippen MR) is 242 cm³/mol. The van der Waals surface area contributed by atoms with Crippen molar-refractivity contribution in [3.63, 3.8) is 0 Å². The molecule has 0 spiro atoms. The molecule has 272 valence electrons. The van der Waals surface area contributed by atoms with E-state index < -0.39 is 0 Å². The number of hydrogen-bond donors (Lipinski definition) is 0. The lowest BCUT2D eigenvalue weighted by Gasteiger charge is -2.19. The predicted octanol–water partition coefficient (Wildman–Crippen LogP) is 13.8. The standard InChI is InChI=1S/C52H34N6/c1-53-35-22-24-43-41-15-7-12-20-49(41)58(51(43)30-35)52-29-33(21-25-45(52)54-2)34-27-37(55(3)4)31-38(28-34)57-48-19-11-8-16-42(48)44-32-36(23-26-50(44)57)56-46-17-9-5-13-39(46)40-14-6-10-18-47(40)56/h5-32H,3-4H3. The van der Waals surface area contributed by atoms with Crippen molar-refractivity contribution < 1.29 is 0 Å². The maximum Gasteiger partial charge on any atom is 0.210 e. The minimum Gasteiger partial charge on any atom is -0.378 e. The lowest BCUT2D eigenvalue weighted by molar-refractivity contribution is 1.11. The van der Waals surface area contributed by atoms with Crippen LogP contribution in [0.2, 0.25) is 0 Å². The van der Waals surface area contributed by atoms with Crippen LogP contribution in [0.15, 0.2) is 170 Å². The summed E-state index contributed by atoms with van der Waals surface area (Å²) < 4.78 is 6.91. The normalized spacial score (nSPS) is 11.6. The van der Waals surface area contributed by atoms with Crippen molar-refractivity contribution in [3.8, 4) is 28.2 Å². The van der Waals surface area contributed by atoms with Crippen LogP contribution in [0.3, 0.4) is 0 Å². The Balaban J connectivity index is 1.13. The smallest absolute Gasteiger partial charge is 0.210 e. The van der Waals surface area contributed by atoms with E-state index in [0.717, 1.165) is 66.7 Å². The number of hydrogen-bond acceptors (Lipinski definition) is 1. The Labute approximate surface area is 334 Å². The summed E-state index contributed by atoms with van der Waals surface area (Å²) in [6, 6.07) is 59.7. The van der Waals surface area contributed by atoms with Gasteiger partial charge in [-0.05, 0) is 83.9 Å². The molecule has 6 heteroatoms. The Morgan fingerprint density at radius 3 is 1.55 bits per heavy atom. The van der Waals surface area contributed by atoms with Gasteiger partial charge in [-0.1, -0.05) is 97.1 Å². The first-order valence-electron chi connectivity index (χ1n) is 19.3. The maximum atomic E-state index is 8.22. The molecule has 0 amide bonds. The highest BCUT2D eigenvalue weighted by molar-refractivity contribution is 6.13. The van der Waals surface area contributed by atoms with E-state index in [1.165, 1.54) is 32.6 Å². The Morgan fingerprint density at radius 1 is 0.397 bits per heavy atom. The van der Waals surface area contributed by atoms with Crippen LogP contribution in [0.25, 0.3) is 103 Å². The molecule has 0 saturated heterocycles. The van der Waals surface area contributed by atoms with Crippen LogP contribution in [-0.2, 0) is 0 Å². The van der Waals surface area contributed by atoms with Gasteiger partial charge in [0.1, 0.15) is 0 Å². The number of rotatable bonds is 5. The van der Waals surface area contributed by atoms with E-state index in [9.17, 15) is 0 Å². The van der Waals surface area contributed by atoms with Crippen LogP contribution in [0.5, 0.6) is 0 Å². The van der Waals surface area contributed by atoms with Gasteiger partial charge in [0, 0.05) is 69.0 Å². The number of nitrogens with zero attached hydrogens (tertiary/aromatic N) is 6. The molecule has 0 radical (unpaired) electrons. The van der Waals surface area contributed by atoms with E-state index >= 15 is 0 Å². The third kappa shape index (κ3) is 4.89. The second-order valence-corrected chi connectivity index (χ2v) is 15.0. The van der Waals surface area contributed by atoms with Crippen LogP contribution in [0.4, 0.5) is 17.1 Å². The first-order chi connectivity index (χ1) is 28.5. The van der Waals surface area contributed by atoms with Gasteiger partial charge in [0.05, 0.1) is 46.4 Å². The number of para-hydroxylation sites is 4. The molecular weight excluding hydrogens is 709 g/mol. The molecule has 0 unspecified atom stereocenters. The van der Waals surface area contributed by atoms with Crippen LogP contribution in [0, 0.1) is 13.1 Å². The summed E-state index contributed by atoms with van der Waals surface area (Å²) in [4.78, 5) is 9.90. The van der Waals surface area contributed by atoms with Crippen LogP contribution < -0.4 is 4.90 Å². The summed E-state index contributed by atoms with van der Waals surface area (Å²) in [5.74, 6) is 0. The Bertz CT molecular complexity index is 3530. The van der Waals surface area contributed by atoms with Crippen molar-refractivity contribution in [1.29, 1.82) is 0 Å². The summed E-state index contributed by atoms with van der Waals surface area (Å²) in [6.07, 6.45) is 0. The fourth-order valence-corrected chi connectivity index (χ4v) is 8.99. The van der Waals surface area contributed by atoms with Gasteiger partial charge in [0.15, 0.2) is 5.69 Å². The first-order valence-corrected chi connectivity index (χ1v) is 19.3. The molecule has 0 fully saturated rings. The third-order valence-corrected chi connectivity index (χ3v) is 11.6. The second-order valence-electron chi connectivity index (χ2n) is 15.0. The number of aromatic nitrogens is 3. The van der Waals surface area contributed by atoms with Gasteiger partial charge in [-0.2, -0.15) is 0 Å². The molecular formula is C52H34N6. The Morgan fingerprint density at radius 2 is 0.948 bits per heavy atom. The van der Waals surface area contributed by atoms with Crippen LogP contribution in [-0.4, -0.2) is 27.8 Å². The summed E-state index contributed by atoms with van der Waals surface area (Å²) in [6.45, 7) is 16.0. The minimum absolute atomic E-state index is 0.546. The molecule has 3 aromatic heterocycles. The highest BCUT2D eigenvalue weighted by Crippen LogP contribution is 2.42. The first kappa shape index (κ1) is 33.3. The molecule has 0 bridgehead atoms. The fourth-order valence-electron chi connectivity index (χ4n) is 8.99. The molecule has 0 saturated carbocycles. The lowest BCUT2D eigenvalue weighted by Crippen LogP contribution is -2.09. The molecule has 8 aromatic carbocycles. The molecule has 3 heterocycles. The molecule has 11 aromatic rings. The van der Waals surface area contributed by atoms with Crippen LogP contribution in [0.1, 0.15) is 0 Å². The molecule has 11 rings (SSSR count). The highest BCUT2D eigenvalue weighted by atomic mass is 15.1. The van der Waals surface area contributed by atoms with E-state index in [1.807, 2.05) is 36.4 Å². The number of fused-ring (bicyclic) bond motifs is 9. The van der Waals surface area contributed by atoms with E-state index in [1.54, 1.807) is 0 Å². The third-order valence-electron chi connectivity index (χ3n) is 11.6. The van der Waals surface area contributed by atoms with Crippen molar-refractivity contribution in [1.82, 2.24) is 13.7 Å². The largest absolute Gasteiger partial charge is 0.378 e. The topological polar surface area (TPSA) is 26.8 Å². The van der Waals surface area contributed by atoms with E-state index in [-0.39, 0.29) is 0 Å². The molecule has 0 aliphatic heterocycles. The highest BCUT2D eigenvalue weighted by Gasteiger charge is 2.20. The zero-order valence-electron chi connectivity index (χ0n) is 31.8. The van der Waals surface area contributed by atoms with Crippen LogP contribution >= 0.6 is 0 Å². The molecule has 0 aliphatic rings. The Hall–Kier alpha value is -8.06. The zero-order valence-corrected chi connectivity index (χ0v) is 31.8. The molecule has 0 atom stereocenters. The summed E-state index contributed by atoms with van der Waals surface area (Å²) in [5, 5.41) is 6.99. The monoisotopic (exact) mass is 742 g/mol. The average Bonchev–Trinajstić information content (AvgIpc) is 3.91. The molecule has 0 N–H and O–H groups in total. The number of benzene rings is 8. The lowest BCUT2D eigenvalue weighted by atomic mass is 10.0. The van der Waals surface area contributed by atoms with Crippen molar-refractivity contribution in [3.05, 3.63) is 193 Å². The van der Waals surface area contributed by atoms with Gasteiger partial charge in [-0.3, -0.25) is 0 Å². The van der Waals surface area contributed by atoms with E-state index in [2.05, 4.69) is 176 Å². The van der Waals surface area contributed by atoms with Gasteiger partial charge in [-0.15, -0.1) is 0 Å². The zero-order chi connectivity index (χ0) is 39.1. The van der Waals surface area contributed by atoms with Crippen molar-refractivity contribution in [2.45, 2.75) is 0 Å². The van der Waals surface area contributed by atoms with Gasteiger partial charge in [0.2, 0.25) is 5.69 Å². The summed E-state index contributed by atoms with van der Waals surface area (Å²) in [5.41, 5.74) is 13.7. The van der Waals surface area contributed by atoms with E-state index in [0.29, 0.717) is 11.4 Å². The fraction of sp³-hybridized carbons (Fsp3) is 0.0385. The van der Waals surface area contributed by atoms with Gasteiger partial charge >= 0.3 is 0 Å². The quantitative estimate of drug-likeness (QED) is 0.161. The van der Waals surface area contributed by atoms with Gasteiger partial charge in [-0.25, -0.2) is 9.69 Å².